The quantitative estimate of drug-likeness (QED) is 0.602. The summed E-state index contributed by atoms with van der Waals surface area (Å²) in [4.78, 5) is 9.24. The maximum Gasteiger partial charge on any atom is 0.322 e. The number of benzene rings is 1. The van der Waals surface area contributed by atoms with Gasteiger partial charge in [0.25, 0.3) is 0 Å². The molecule has 1 aromatic carbocycles. The predicted octanol–water partition coefficient (Wildman–Crippen LogP) is 4.30. The van der Waals surface area contributed by atoms with Crippen molar-refractivity contribution < 1.29 is 4.74 Å². The largest absolute Gasteiger partial charge is 0.459 e. The summed E-state index contributed by atoms with van der Waals surface area (Å²) in [5.74, 6) is 0.832. The highest BCUT2D eigenvalue weighted by molar-refractivity contribution is 6.42. The van der Waals surface area contributed by atoms with Crippen molar-refractivity contribution >= 4 is 34.8 Å². The molecule has 0 saturated carbocycles. The molecule has 4 rings (SSSR count). The lowest BCUT2D eigenvalue weighted by Crippen LogP contribution is -2.37. The lowest BCUT2D eigenvalue weighted by Gasteiger charge is -2.23. The number of fused-ring (bicyclic) bond motifs is 1. The van der Waals surface area contributed by atoms with Crippen LogP contribution in [-0.2, 0) is 6.54 Å². The highest BCUT2D eigenvalue weighted by Crippen LogP contribution is 2.27. The zero-order valence-corrected chi connectivity index (χ0v) is 18.0. The topological polar surface area (TPSA) is 76.4 Å². The lowest BCUT2D eigenvalue weighted by atomic mass is 10.1. The van der Waals surface area contributed by atoms with Crippen LogP contribution in [0.15, 0.2) is 24.4 Å². The van der Waals surface area contributed by atoms with Gasteiger partial charge in [-0.15, -0.1) is 0 Å². The molecular formula is C20H24Cl2N6O. The summed E-state index contributed by atoms with van der Waals surface area (Å²) in [6, 6.07) is 5.92. The molecular weight excluding hydrogens is 411 g/mol. The molecule has 0 bridgehead atoms. The van der Waals surface area contributed by atoms with Crippen LogP contribution in [0.25, 0.3) is 5.65 Å². The number of halogens is 2. The van der Waals surface area contributed by atoms with Gasteiger partial charge in [-0.2, -0.15) is 19.6 Å². The molecule has 154 valence electrons. The van der Waals surface area contributed by atoms with Gasteiger partial charge in [-0.3, -0.25) is 0 Å². The summed E-state index contributed by atoms with van der Waals surface area (Å²) in [5, 5.41) is 12.2. The van der Waals surface area contributed by atoms with Gasteiger partial charge < -0.3 is 15.4 Å². The highest BCUT2D eigenvalue weighted by Gasteiger charge is 2.20. The number of ether oxygens (including phenoxy) is 1. The van der Waals surface area contributed by atoms with Crippen molar-refractivity contribution in [1.82, 2.24) is 24.9 Å². The Bertz CT molecular complexity index is 1000. The number of rotatable bonds is 6. The molecule has 1 atom stereocenters. The number of nitrogens with zero attached hydrogens (tertiary/aromatic N) is 4. The van der Waals surface area contributed by atoms with Gasteiger partial charge in [0.15, 0.2) is 5.65 Å². The van der Waals surface area contributed by atoms with Gasteiger partial charge in [0.2, 0.25) is 5.95 Å². The Kier molecular flexibility index (Phi) is 6.08. The summed E-state index contributed by atoms with van der Waals surface area (Å²) in [6.45, 7) is 6.50. The molecule has 3 aromatic rings. The summed E-state index contributed by atoms with van der Waals surface area (Å²) < 4.78 is 7.80. The third kappa shape index (κ3) is 4.42. The average Bonchev–Trinajstić information content (AvgIpc) is 3.14. The van der Waals surface area contributed by atoms with E-state index in [0.717, 1.165) is 42.7 Å². The number of hydrogen-bond donors (Lipinski definition) is 2. The van der Waals surface area contributed by atoms with E-state index in [4.69, 9.17) is 27.9 Å². The van der Waals surface area contributed by atoms with Crippen LogP contribution < -0.4 is 15.4 Å². The van der Waals surface area contributed by atoms with Gasteiger partial charge in [0, 0.05) is 18.7 Å². The molecule has 1 aliphatic heterocycles. The molecule has 9 heteroatoms. The van der Waals surface area contributed by atoms with Crippen molar-refractivity contribution in [3.8, 4) is 6.01 Å². The molecule has 3 heterocycles. The third-order valence-corrected chi connectivity index (χ3v) is 5.85. The van der Waals surface area contributed by atoms with E-state index in [-0.39, 0.29) is 12.0 Å². The minimum Gasteiger partial charge on any atom is -0.459 e. The van der Waals surface area contributed by atoms with Crippen LogP contribution in [0, 0.1) is 0 Å². The average molecular weight is 435 g/mol. The molecule has 1 aliphatic rings. The molecule has 2 N–H and O–H groups in total. The predicted molar refractivity (Wildman–Crippen MR) is 115 cm³/mol. The first-order valence-corrected chi connectivity index (χ1v) is 10.6. The molecule has 0 amide bonds. The molecule has 1 fully saturated rings. The van der Waals surface area contributed by atoms with Gasteiger partial charge in [-0.1, -0.05) is 49.2 Å². The van der Waals surface area contributed by atoms with Crippen molar-refractivity contribution in [2.45, 2.75) is 45.3 Å². The summed E-state index contributed by atoms with van der Waals surface area (Å²) >= 11 is 12.5. The van der Waals surface area contributed by atoms with E-state index < -0.39 is 0 Å². The molecule has 1 saturated heterocycles. The lowest BCUT2D eigenvalue weighted by molar-refractivity contribution is 0.153. The number of nitrogens with one attached hydrogen (secondary N) is 2. The van der Waals surface area contributed by atoms with E-state index in [9.17, 15) is 0 Å². The van der Waals surface area contributed by atoms with Crippen LogP contribution in [0.1, 0.15) is 43.7 Å². The Morgan fingerprint density at radius 2 is 2.17 bits per heavy atom. The number of aromatic nitrogens is 4. The van der Waals surface area contributed by atoms with E-state index in [2.05, 4.69) is 39.5 Å². The minimum absolute atomic E-state index is 0.0619. The second kappa shape index (κ2) is 8.73. The first-order chi connectivity index (χ1) is 14.0. The van der Waals surface area contributed by atoms with Crippen LogP contribution in [0.2, 0.25) is 10.0 Å². The van der Waals surface area contributed by atoms with Crippen LogP contribution in [0.5, 0.6) is 6.01 Å². The van der Waals surface area contributed by atoms with Crippen LogP contribution in [-0.4, -0.2) is 38.8 Å². The van der Waals surface area contributed by atoms with Crippen molar-refractivity contribution in [2.24, 2.45) is 0 Å². The molecule has 2 aromatic heterocycles. The van der Waals surface area contributed by atoms with Crippen LogP contribution in [0.4, 0.5) is 5.95 Å². The van der Waals surface area contributed by atoms with Gasteiger partial charge in [-0.05, 0) is 36.9 Å². The van der Waals surface area contributed by atoms with Crippen LogP contribution >= 0.6 is 23.2 Å². The monoisotopic (exact) mass is 434 g/mol. The third-order valence-electron chi connectivity index (χ3n) is 4.99. The first-order valence-electron chi connectivity index (χ1n) is 9.82. The Labute approximate surface area is 179 Å². The maximum atomic E-state index is 6.32. The fourth-order valence-electron chi connectivity index (χ4n) is 3.38. The van der Waals surface area contributed by atoms with Gasteiger partial charge >= 0.3 is 6.01 Å². The van der Waals surface area contributed by atoms with Gasteiger partial charge in [-0.25, -0.2) is 0 Å². The Balaban J connectivity index is 1.66. The Hall–Kier alpha value is -2.09. The zero-order chi connectivity index (χ0) is 20.4. The second-order valence-electron chi connectivity index (χ2n) is 7.47. The highest BCUT2D eigenvalue weighted by atomic mass is 35.5. The van der Waals surface area contributed by atoms with Gasteiger partial charge in [0.05, 0.1) is 16.2 Å². The summed E-state index contributed by atoms with van der Waals surface area (Å²) in [7, 11) is 0. The maximum absolute atomic E-state index is 6.32. The number of hydrogen-bond acceptors (Lipinski definition) is 6. The van der Waals surface area contributed by atoms with E-state index in [0.29, 0.717) is 28.5 Å². The molecule has 0 radical (unpaired) electrons. The second-order valence-corrected chi connectivity index (χ2v) is 8.26. The molecule has 0 spiro atoms. The fourth-order valence-corrected chi connectivity index (χ4v) is 3.77. The molecule has 7 nitrogen and oxygen atoms in total. The van der Waals surface area contributed by atoms with E-state index >= 15 is 0 Å². The molecule has 0 unspecified atom stereocenters. The fraction of sp³-hybridized carbons (Fsp3) is 0.450. The van der Waals surface area contributed by atoms with Crippen LogP contribution in [0.3, 0.4) is 0 Å². The van der Waals surface area contributed by atoms with Crippen molar-refractivity contribution in [2.75, 3.05) is 18.4 Å². The summed E-state index contributed by atoms with van der Waals surface area (Å²) in [6.07, 6.45) is 3.96. The first kappa shape index (κ1) is 20.2. The Morgan fingerprint density at radius 1 is 1.31 bits per heavy atom. The Morgan fingerprint density at radius 3 is 2.93 bits per heavy atom. The van der Waals surface area contributed by atoms with Crippen molar-refractivity contribution in [1.29, 1.82) is 0 Å². The standard InChI is InChI=1S/C20H24Cl2N6O/c1-12(2)15-11-25-28-18(15)26-20(29-14-6-4-8-23-10-14)27-19(28)24-9-13-5-3-7-16(21)17(13)22/h3,5,7,11-12,14,23H,4,6,8-10H2,1-2H3,(H,24,26,27)/t14-/m1/s1. The van der Waals surface area contributed by atoms with Crippen molar-refractivity contribution in [3.63, 3.8) is 0 Å². The SMILES string of the molecule is CC(C)c1cnn2c(NCc3cccc(Cl)c3Cl)nc(O[C@@H]3CCCNC3)nc12. The smallest absolute Gasteiger partial charge is 0.322 e. The molecule has 0 aliphatic carbocycles. The molecule has 29 heavy (non-hydrogen) atoms. The zero-order valence-electron chi connectivity index (χ0n) is 16.5. The van der Waals surface area contributed by atoms with E-state index in [1.54, 1.807) is 10.6 Å². The van der Waals surface area contributed by atoms with E-state index in [1.807, 2.05) is 18.3 Å². The number of piperidine rings is 1. The van der Waals surface area contributed by atoms with Crippen molar-refractivity contribution in [3.05, 3.63) is 45.6 Å². The van der Waals surface area contributed by atoms with Gasteiger partial charge in [0.1, 0.15) is 6.10 Å². The normalized spacial score (nSPS) is 17.1. The van der Waals surface area contributed by atoms with E-state index in [1.165, 1.54) is 0 Å². The number of anilines is 1. The summed E-state index contributed by atoms with van der Waals surface area (Å²) in [5.41, 5.74) is 2.66. The minimum atomic E-state index is 0.0619.